The monoisotopic (exact) mass is 154 g/mol. The van der Waals surface area contributed by atoms with Crippen LogP contribution in [0, 0.1) is 5.41 Å². The van der Waals surface area contributed by atoms with Gasteiger partial charge in [0.25, 0.3) is 0 Å². The van der Waals surface area contributed by atoms with E-state index in [1.807, 2.05) is 0 Å². The van der Waals surface area contributed by atoms with E-state index in [2.05, 4.69) is 10.3 Å². The van der Waals surface area contributed by atoms with Crippen molar-refractivity contribution < 1.29 is 9.59 Å². The summed E-state index contributed by atoms with van der Waals surface area (Å²) < 4.78 is 0. The van der Waals surface area contributed by atoms with Gasteiger partial charge in [-0.15, -0.1) is 0 Å². The number of nitrogens with zero attached hydrogens (tertiary/aromatic N) is 1. The number of amides is 3. The predicted molar refractivity (Wildman–Crippen MR) is 40.4 cm³/mol. The van der Waals surface area contributed by atoms with Crippen molar-refractivity contribution in [3.05, 3.63) is 0 Å². The molecule has 60 valence electrons. The second-order valence-electron chi connectivity index (χ2n) is 3.16. The quantitative estimate of drug-likeness (QED) is 0.559. The van der Waals surface area contributed by atoms with E-state index < -0.39 is 11.4 Å². The van der Waals surface area contributed by atoms with Crippen molar-refractivity contribution in [3.8, 4) is 0 Å². The first-order valence-corrected chi connectivity index (χ1v) is 3.40. The van der Waals surface area contributed by atoms with E-state index in [9.17, 15) is 9.59 Å². The third-order valence-electron chi connectivity index (χ3n) is 1.65. The van der Waals surface area contributed by atoms with Crippen molar-refractivity contribution in [1.29, 1.82) is 0 Å². The van der Waals surface area contributed by atoms with Gasteiger partial charge in [0.2, 0.25) is 5.91 Å². The molecule has 4 heteroatoms. The lowest BCUT2D eigenvalue weighted by Crippen LogP contribution is -2.37. The number of nitrogens with one attached hydrogen (secondary N) is 1. The maximum Gasteiger partial charge on any atom is 0.347 e. The molecule has 1 aliphatic heterocycles. The Morgan fingerprint density at radius 2 is 2.18 bits per heavy atom. The lowest BCUT2D eigenvalue weighted by molar-refractivity contribution is -0.127. The standard InChI is InChI=1S/C7H10N2O2/c1-7(2)3-4-8-6(11)9-5(7)10/h4H,3H2,1-2H3,(H,9,10,11). The zero-order chi connectivity index (χ0) is 8.48. The van der Waals surface area contributed by atoms with Gasteiger partial charge in [0, 0.05) is 11.6 Å². The molecule has 1 heterocycles. The maximum atomic E-state index is 11.1. The zero-order valence-corrected chi connectivity index (χ0v) is 6.55. The average molecular weight is 154 g/mol. The first kappa shape index (κ1) is 7.91. The molecule has 0 fully saturated rings. The van der Waals surface area contributed by atoms with E-state index >= 15 is 0 Å². The predicted octanol–water partition coefficient (Wildman–Crippen LogP) is 0.723. The van der Waals surface area contributed by atoms with Crippen LogP contribution in [0.25, 0.3) is 0 Å². The van der Waals surface area contributed by atoms with Gasteiger partial charge < -0.3 is 0 Å². The normalized spacial score (nSPS) is 22.7. The summed E-state index contributed by atoms with van der Waals surface area (Å²) in [6.45, 7) is 3.54. The molecule has 0 bridgehead atoms. The maximum absolute atomic E-state index is 11.1. The van der Waals surface area contributed by atoms with Crippen LogP contribution in [0.3, 0.4) is 0 Å². The van der Waals surface area contributed by atoms with E-state index in [-0.39, 0.29) is 5.91 Å². The van der Waals surface area contributed by atoms with Gasteiger partial charge in [0.15, 0.2) is 0 Å². The van der Waals surface area contributed by atoms with Crippen molar-refractivity contribution in [2.75, 3.05) is 0 Å². The highest BCUT2D eigenvalue weighted by molar-refractivity contribution is 6.02. The molecule has 11 heavy (non-hydrogen) atoms. The van der Waals surface area contributed by atoms with Crippen LogP contribution < -0.4 is 5.32 Å². The molecule has 0 saturated heterocycles. The largest absolute Gasteiger partial charge is 0.347 e. The van der Waals surface area contributed by atoms with E-state index in [1.54, 1.807) is 13.8 Å². The fourth-order valence-corrected chi connectivity index (χ4v) is 0.748. The van der Waals surface area contributed by atoms with Gasteiger partial charge in [-0.2, -0.15) is 0 Å². The fourth-order valence-electron chi connectivity index (χ4n) is 0.748. The highest BCUT2D eigenvalue weighted by atomic mass is 16.2. The van der Waals surface area contributed by atoms with Crippen LogP contribution in [0.2, 0.25) is 0 Å². The highest BCUT2D eigenvalue weighted by Crippen LogP contribution is 2.20. The van der Waals surface area contributed by atoms with E-state index in [4.69, 9.17) is 0 Å². The number of carbonyl (C=O) groups excluding carboxylic acids is 2. The Balaban J connectivity index is 2.84. The van der Waals surface area contributed by atoms with Crippen molar-refractivity contribution in [2.24, 2.45) is 10.4 Å². The summed E-state index contributed by atoms with van der Waals surface area (Å²) in [6.07, 6.45) is 1.98. The third-order valence-corrected chi connectivity index (χ3v) is 1.65. The summed E-state index contributed by atoms with van der Waals surface area (Å²) >= 11 is 0. The van der Waals surface area contributed by atoms with Crippen molar-refractivity contribution >= 4 is 18.2 Å². The van der Waals surface area contributed by atoms with E-state index in [0.717, 1.165) is 0 Å². The first-order valence-electron chi connectivity index (χ1n) is 3.40. The molecule has 0 aromatic heterocycles. The summed E-state index contributed by atoms with van der Waals surface area (Å²) in [4.78, 5) is 25.3. The molecule has 0 spiro atoms. The van der Waals surface area contributed by atoms with Gasteiger partial charge in [0.1, 0.15) is 0 Å². The number of aliphatic imine (C=N–C) groups is 1. The summed E-state index contributed by atoms with van der Waals surface area (Å²) in [7, 11) is 0. The summed E-state index contributed by atoms with van der Waals surface area (Å²) in [5, 5.41) is 2.16. The second kappa shape index (κ2) is 2.45. The van der Waals surface area contributed by atoms with Gasteiger partial charge in [-0.1, -0.05) is 13.8 Å². The zero-order valence-electron chi connectivity index (χ0n) is 6.55. The summed E-state index contributed by atoms with van der Waals surface area (Å²) in [6, 6.07) is -0.569. The highest BCUT2D eigenvalue weighted by Gasteiger charge is 2.29. The Hall–Kier alpha value is -1.19. The number of imide groups is 1. The van der Waals surface area contributed by atoms with Crippen LogP contribution in [-0.4, -0.2) is 18.2 Å². The minimum Gasteiger partial charge on any atom is -0.276 e. The number of urea groups is 1. The summed E-state index contributed by atoms with van der Waals surface area (Å²) in [5.41, 5.74) is -0.518. The van der Waals surface area contributed by atoms with Crippen LogP contribution in [0.1, 0.15) is 20.3 Å². The smallest absolute Gasteiger partial charge is 0.276 e. The minimum absolute atomic E-state index is 0.264. The SMILES string of the molecule is CC1(C)CC=NC(=O)NC1=O. The Labute approximate surface area is 64.7 Å². The van der Waals surface area contributed by atoms with Gasteiger partial charge in [-0.25, -0.2) is 9.79 Å². The topological polar surface area (TPSA) is 58.5 Å². The van der Waals surface area contributed by atoms with Crippen LogP contribution in [0.15, 0.2) is 4.99 Å². The molecule has 0 saturated carbocycles. The van der Waals surface area contributed by atoms with Crippen LogP contribution in [0.4, 0.5) is 4.79 Å². The van der Waals surface area contributed by atoms with Gasteiger partial charge in [-0.3, -0.25) is 10.1 Å². The molecular weight excluding hydrogens is 144 g/mol. The molecule has 0 atom stereocenters. The average Bonchev–Trinajstić information content (AvgIpc) is 1.94. The fraction of sp³-hybridized carbons (Fsp3) is 0.571. The number of hydrogen-bond donors (Lipinski definition) is 1. The Morgan fingerprint density at radius 3 is 2.82 bits per heavy atom. The van der Waals surface area contributed by atoms with Crippen LogP contribution in [0.5, 0.6) is 0 Å². The molecule has 0 aromatic rings. The molecule has 0 radical (unpaired) electrons. The number of carbonyl (C=O) groups is 2. The van der Waals surface area contributed by atoms with Crippen molar-refractivity contribution in [2.45, 2.75) is 20.3 Å². The molecular formula is C7H10N2O2. The summed E-state index contributed by atoms with van der Waals surface area (Å²) in [5.74, 6) is -0.264. The number of rotatable bonds is 0. The van der Waals surface area contributed by atoms with Gasteiger partial charge in [0.05, 0.1) is 0 Å². The molecule has 0 aliphatic carbocycles. The Bertz CT molecular complexity index is 231. The molecule has 1 N–H and O–H groups in total. The van der Waals surface area contributed by atoms with E-state index in [1.165, 1.54) is 6.21 Å². The first-order chi connectivity index (χ1) is 5.02. The Kier molecular flexibility index (Phi) is 1.76. The third kappa shape index (κ3) is 1.63. The Morgan fingerprint density at radius 1 is 1.55 bits per heavy atom. The lowest BCUT2D eigenvalue weighted by atomic mass is 9.89. The number of hydrogen-bond acceptors (Lipinski definition) is 2. The minimum atomic E-state index is -0.569. The molecule has 0 unspecified atom stereocenters. The molecule has 4 nitrogen and oxygen atoms in total. The molecule has 3 amide bonds. The van der Waals surface area contributed by atoms with E-state index in [0.29, 0.717) is 6.42 Å². The second-order valence-corrected chi connectivity index (χ2v) is 3.16. The van der Waals surface area contributed by atoms with Gasteiger partial charge >= 0.3 is 6.03 Å². The van der Waals surface area contributed by atoms with Gasteiger partial charge in [-0.05, 0) is 6.42 Å². The molecule has 0 aromatic carbocycles. The van der Waals surface area contributed by atoms with Crippen molar-refractivity contribution in [1.82, 2.24) is 5.32 Å². The molecule has 1 aliphatic rings. The van der Waals surface area contributed by atoms with Crippen LogP contribution >= 0.6 is 0 Å². The van der Waals surface area contributed by atoms with Crippen LogP contribution in [-0.2, 0) is 4.79 Å². The lowest BCUT2D eigenvalue weighted by Gasteiger charge is -2.17. The van der Waals surface area contributed by atoms with Crippen molar-refractivity contribution in [3.63, 3.8) is 0 Å². The molecule has 1 rings (SSSR count).